The van der Waals surface area contributed by atoms with Crippen molar-refractivity contribution >= 4 is 67.9 Å². The maximum atomic E-state index is 10.6. The Labute approximate surface area is 85.1 Å². The third-order valence-electron chi connectivity index (χ3n) is 0.835. The van der Waals surface area contributed by atoms with Gasteiger partial charge >= 0.3 is 0 Å². The Hall–Kier alpha value is 0.650. The third kappa shape index (κ3) is 1.87. The summed E-state index contributed by atoms with van der Waals surface area (Å²) in [6.45, 7) is 0. The van der Waals surface area contributed by atoms with Crippen LogP contribution in [0.5, 0.6) is 0 Å². The summed E-state index contributed by atoms with van der Waals surface area (Å²) in [5.74, 6) is 0. The van der Waals surface area contributed by atoms with Crippen LogP contribution in [0, 0.1) is 0 Å². The second-order valence-electron chi connectivity index (χ2n) is 1.57. The van der Waals surface area contributed by atoms with E-state index in [-0.39, 0.29) is 10.3 Å². The molecule has 0 saturated carbocycles. The first kappa shape index (κ1) is 9.74. The summed E-state index contributed by atoms with van der Waals surface area (Å²) in [6.07, 6.45) is 0. The van der Waals surface area contributed by atoms with Crippen LogP contribution in [-0.4, -0.2) is 18.9 Å². The molecule has 0 fully saturated rings. The van der Waals surface area contributed by atoms with E-state index >= 15 is 0 Å². The van der Waals surface area contributed by atoms with Crippen molar-refractivity contribution in [3.05, 3.63) is 0 Å². The molecule has 0 aliphatic carbocycles. The van der Waals surface area contributed by atoms with Crippen LogP contribution in [0.25, 0.3) is 0 Å². The summed E-state index contributed by atoms with van der Waals surface area (Å²) >= 11 is 20.1. The number of alkyl halides is 2. The van der Waals surface area contributed by atoms with Gasteiger partial charge in [-0.15, -0.1) is 0 Å². The van der Waals surface area contributed by atoms with Gasteiger partial charge < -0.3 is 0 Å². The summed E-state index contributed by atoms with van der Waals surface area (Å²) in [7, 11) is 0. The molecule has 8 heteroatoms. The maximum Gasteiger partial charge on any atom is 0.267 e. The Balaban J connectivity index is 3.11. The lowest BCUT2D eigenvalue weighted by molar-refractivity contribution is 0.685. The molecule has 1 aliphatic heterocycles. The predicted molar refractivity (Wildman–Crippen MR) is 49.2 cm³/mol. The summed E-state index contributed by atoms with van der Waals surface area (Å²) in [4.78, 5) is 0. The zero-order valence-electron chi connectivity index (χ0n) is 4.72. The molecule has 0 amide bonds. The summed E-state index contributed by atoms with van der Waals surface area (Å²) in [6, 6.07) is 0. The molecule has 1 heterocycles. The van der Waals surface area contributed by atoms with Crippen molar-refractivity contribution in [1.29, 1.82) is 0 Å². The SMILES string of the molecule is O=S1N=C(Cl)C(Cl)(Cl)C(Cl)=N1. The molecule has 0 unspecified atom stereocenters. The van der Waals surface area contributed by atoms with Gasteiger partial charge in [0.25, 0.3) is 11.2 Å². The average Bonchev–Trinajstić information content (AvgIpc) is 1.84. The molecule has 1 aliphatic rings. The maximum absolute atomic E-state index is 10.6. The van der Waals surface area contributed by atoms with Crippen LogP contribution in [-0.2, 0) is 11.2 Å². The Morgan fingerprint density at radius 2 is 1.55 bits per heavy atom. The first-order chi connectivity index (χ1) is 4.94. The number of halogens is 4. The highest BCUT2D eigenvalue weighted by atomic mass is 35.5. The fourth-order valence-electron chi connectivity index (χ4n) is 0.357. The van der Waals surface area contributed by atoms with Crippen LogP contribution in [0.1, 0.15) is 0 Å². The lowest BCUT2D eigenvalue weighted by atomic mass is 10.5. The highest BCUT2D eigenvalue weighted by Gasteiger charge is 2.39. The van der Waals surface area contributed by atoms with Crippen LogP contribution in [0.4, 0.5) is 0 Å². The van der Waals surface area contributed by atoms with E-state index < -0.39 is 15.5 Å². The van der Waals surface area contributed by atoms with Crippen LogP contribution in [0.15, 0.2) is 8.80 Å². The van der Waals surface area contributed by atoms with Crippen molar-refractivity contribution in [2.75, 3.05) is 0 Å². The zero-order valence-corrected chi connectivity index (χ0v) is 8.56. The Bertz CT molecular complexity index is 249. The van der Waals surface area contributed by atoms with Crippen LogP contribution >= 0.6 is 46.4 Å². The lowest BCUT2D eigenvalue weighted by Gasteiger charge is -2.17. The van der Waals surface area contributed by atoms with E-state index in [4.69, 9.17) is 46.4 Å². The van der Waals surface area contributed by atoms with Crippen LogP contribution in [0.3, 0.4) is 0 Å². The van der Waals surface area contributed by atoms with Gasteiger partial charge in [0, 0.05) is 0 Å². The highest BCUT2D eigenvalue weighted by Crippen LogP contribution is 2.32. The van der Waals surface area contributed by atoms with E-state index in [9.17, 15) is 4.21 Å². The molecule has 0 atom stereocenters. The predicted octanol–water partition coefficient (Wildman–Crippen LogP) is 2.03. The zero-order chi connectivity index (χ0) is 8.65. The van der Waals surface area contributed by atoms with Crippen molar-refractivity contribution in [1.82, 2.24) is 0 Å². The molecule has 0 aromatic rings. The lowest BCUT2D eigenvalue weighted by Crippen LogP contribution is -2.32. The molecule has 0 N–H and O–H groups in total. The number of hydrogen-bond acceptors (Lipinski definition) is 1. The number of rotatable bonds is 0. The minimum absolute atomic E-state index is 0.237. The van der Waals surface area contributed by atoms with Crippen molar-refractivity contribution < 1.29 is 4.21 Å². The average molecular weight is 254 g/mol. The largest absolute Gasteiger partial charge is 0.267 e. The van der Waals surface area contributed by atoms with E-state index in [1.807, 2.05) is 0 Å². The first-order valence-electron chi connectivity index (χ1n) is 2.23. The summed E-state index contributed by atoms with van der Waals surface area (Å²) < 4.78 is 15.6. The molecule has 0 aromatic carbocycles. The van der Waals surface area contributed by atoms with Crippen LogP contribution < -0.4 is 0 Å². The molecule has 0 aromatic heterocycles. The van der Waals surface area contributed by atoms with Gasteiger partial charge in [-0.3, -0.25) is 0 Å². The van der Waals surface area contributed by atoms with E-state index in [0.29, 0.717) is 0 Å². The topological polar surface area (TPSA) is 41.8 Å². The third-order valence-corrected chi connectivity index (χ3v) is 3.55. The molecule has 0 saturated heterocycles. The molecular formula is C3Cl4N2OS. The molecular weight excluding hydrogens is 254 g/mol. The van der Waals surface area contributed by atoms with Gasteiger partial charge in [-0.2, -0.15) is 8.80 Å². The van der Waals surface area contributed by atoms with Gasteiger partial charge in [-0.05, 0) is 0 Å². The fraction of sp³-hybridized carbons (Fsp3) is 0.333. The van der Waals surface area contributed by atoms with E-state index in [0.717, 1.165) is 0 Å². The minimum atomic E-state index is -1.80. The molecule has 1 rings (SSSR count). The van der Waals surface area contributed by atoms with Crippen LogP contribution in [0.2, 0.25) is 0 Å². The second-order valence-corrected chi connectivity index (χ2v) is 4.44. The fourth-order valence-corrected chi connectivity index (χ4v) is 1.90. The highest BCUT2D eigenvalue weighted by molar-refractivity contribution is 7.83. The van der Waals surface area contributed by atoms with Gasteiger partial charge in [-0.1, -0.05) is 46.4 Å². The van der Waals surface area contributed by atoms with Gasteiger partial charge in [0.15, 0.2) is 10.3 Å². The van der Waals surface area contributed by atoms with Crippen molar-refractivity contribution in [2.24, 2.45) is 8.80 Å². The number of nitrogens with zero attached hydrogens (tertiary/aromatic N) is 2. The summed E-state index contributed by atoms with van der Waals surface area (Å²) in [5.41, 5.74) is 0. The molecule has 11 heavy (non-hydrogen) atoms. The van der Waals surface area contributed by atoms with Crippen molar-refractivity contribution in [2.45, 2.75) is 4.33 Å². The summed E-state index contributed by atoms with van der Waals surface area (Å²) in [5, 5.41) is -0.474. The Kier molecular flexibility index (Phi) is 2.82. The molecule has 3 nitrogen and oxygen atoms in total. The van der Waals surface area contributed by atoms with Gasteiger partial charge in [0.05, 0.1) is 0 Å². The van der Waals surface area contributed by atoms with E-state index in [2.05, 4.69) is 8.80 Å². The molecule has 0 radical (unpaired) electrons. The first-order valence-corrected chi connectivity index (χ1v) is 4.81. The van der Waals surface area contributed by atoms with Gasteiger partial charge in [0.2, 0.25) is 4.33 Å². The van der Waals surface area contributed by atoms with Crippen molar-refractivity contribution in [3.8, 4) is 0 Å². The number of hydrogen-bond donors (Lipinski definition) is 0. The standard InChI is InChI=1S/C3Cl4N2OS/c4-1-3(6,7)2(5)9-11(10)8-1. The quantitative estimate of drug-likeness (QED) is 0.609. The van der Waals surface area contributed by atoms with E-state index in [1.165, 1.54) is 0 Å². The molecule has 0 bridgehead atoms. The molecule has 0 spiro atoms. The normalized spacial score (nSPS) is 24.4. The van der Waals surface area contributed by atoms with Gasteiger partial charge in [-0.25, -0.2) is 4.21 Å². The Morgan fingerprint density at radius 1 is 1.18 bits per heavy atom. The van der Waals surface area contributed by atoms with E-state index in [1.54, 1.807) is 0 Å². The minimum Gasteiger partial charge on any atom is -0.209 e. The second kappa shape index (κ2) is 3.18. The Morgan fingerprint density at radius 3 is 1.91 bits per heavy atom. The molecule has 62 valence electrons. The smallest absolute Gasteiger partial charge is 0.209 e. The monoisotopic (exact) mass is 252 g/mol. The van der Waals surface area contributed by atoms with Crippen molar-refractivity contribution in [3.63, 3.8) is 0 Å². The van der Waals surface area contributed by atoms with Gasteiger partial charge in [0.1, 0.15) is 0 Å².